The number of alkyl halides is 3. The number of nitrogens with one attached hydrogen (secondary N) is 1. The first-order valence-corrected chi connectivity index (χ1v) is 7.67. The van der Waals surface area contributed by atoms with E-state index < -0.39 is 23.5 Å². The summed E-state index contributed by atoms with van der Waals surface area (Å²) in [6.07, 6.45) is -3.57. The number of hydrogen-bond acceptors (Lipinski definition) is 4. The molecule has 0 saturated heterocycles. The first-order chi connectivity index (χ1) is 10.1. The average molecular weight is 332 g/mol. The van der Waals surface area contributed by atoms with Crippen molar-refractivity contribution in [3.8, 4) is 0 Å². The van der Waals surface area contributed by atoms with Gasteiger partial charge in [0.05, 0.1) is 5.69 Å². The number of halogens is 3. The van der Waals surface area contributed by atoms with Crippen molar-refractivity contribution in [1.29, 1.82) is 0 Å². The first kappa shape index (κ1) is 15.3. The van der Waals surface area contributed by atoms with Crippen LogP contribution in [-0.2, 0) is 0 Å². The van der Waals surface area contributed by atoms with Crippen molar-refractivity contribution in [2.75, 3.05) is 0 Å². The maximum absolute atomic E-state index is 13.4. The Bertz CT molecular complexity index is 746. The minimum Gasteiger partial charge on any atom is -0.336 e. The third kappa shape index (κ3) is 2.27. The highest BCUT2D eigenvalue weighted by Gasteiger charge is 2.60. The van der Waals surface area contributed by atoms with Crippen LogP contribution < -0.4 is 5.32 Å². The van der Waals surface area contributed by atoms with Crippen molar-refractivity contribution in [1.82, 2.24) is 19.9 Å². The Morgan fingerprint density at radius 2 is 2.00 bits per heavy atom. The average Bonchev–Trinajstić information content (AvgIpc) is 3.09. The summed E-state index contributed by atoms with van der Waals surface area (Å²) in [5.74, 6) is -1.36. The summed E-state index contributed by atoms with van der Waals surface area (Å²) < 4.78 is 41.4. The van der Waals surface area contributed by atoms with Crippen LogP contribution in [0.1, 0.15) is 41.0 Å². The Morgan fingerprint density at radius 3 is 2.55 bits per heavy atom. The van der Waals surface area contributed by atoms with E-state index in [1.54, 1.807) is 13.8 Å². The summed E-state index contributed by atoms with van der Waals surface area (Å²) in [6.45, 7) is 4.39. The van der Waals surface area contributed by atoms with E-state index in [0.717, 1.165) is 6.92 Å². The molecule has 9 heteroatoms. The van der Waals surface area contributed by atoms with Crippen LogP contribution in [0, 0.1) is 19.8 Å². The predicted octanol–water partition coefficient (Wildman–Crippen LogP) is 2.87. The van der Waals surface area contributed by atoms with E-state index in [1.165, 1.54) is 15.9 Å². The number of nitrogens with zero attached hydrogens (tertiary/aromatic N) is 3. The van der Waals surface area contributed by atoms with E-state index in [-0.39, 0.29) is 5.69 Å². The Morgan fingerprint density at radius 1 is 1.36 bits per heavy atom. The zero-order valence-electron chi connectivity index (χ0n) is 12.3. The van der Waals surface area contributed by atoms with Crippen molar-refractivity contribution in [3.63, 3.8) is 0 Å². The third-order valence-electron chi connectivity index (χ3n) is 4.05. The number of imidazole rings is 1. The molecule has 1 saturated carbocycles. The normalized spacial score (nSPS) is 18.5. The largest absolute Gasteiger partial charge is 0.411 e. The van der Waals surface area contributed by atoms with Gasteiger partial charge < -0.3 is 5.32 Å². The second kappa shape index (κ2) is 4.68. The lowest BCUT2D eigenvalue weighted by Crippen LogP contribution is -2.58. The van der Waals surface area contributed by atoms with Crippen LogP contribution >= 0.6 is 11.3 Å². The molecule has 120 valence electrons. The monoisotopic (exact) mass is 332 g/mol. The van der Waals surface area contributed by atoms with Gasteiger partial charge in [0.15, 0.2) is 5.69 Å². The fourth-order valence-corrected chi connectivity index (χ4v) is 3.35. The minimum atomic E-state index is -4.50. The Hall–Kier alpha value is -1.64. The summed E-state index contributed by atoms with van der Waals surface area (Å²) in [5, 5.41) is 7.01. The van der Waals surface area contributed by atoms with Gasteiger partial charge in [0.2, 0.25) is 4.96 Å². The lowest BCUT2D eigenvalue weighted by Gasteiger charge is -2.33. The number of carbonyl (C=O) groups excluding carboxylic acids is 1. The van der Waals surface area contributed by atoms with E-state index in [1.807, 2.05) is 0 Å². The number of carbonyl (C=O) groups is 1. The van der Waals surface area contributed by atoms with Crippen LogP contribution in [0.15, 0.2) is 0 Å². The molecule has 1 amide bonds. The fourth-order valence-electron chi connectivity index (χ4n) is 2.57. The molecule has 0 radical (unpaired) electrons. The van der Waals surface area contributed by atoms with E-state index in [2.05, 4.69) is 15.4 Å². The molecule has 1 N–H and O–H groups in total. The molecular weight excluding hydrogens is 317 g/mol. The number of aromatic nitrogens is 3. The Labute approximate surface area is 128 Å². The van der Waals surface area contributed by atoms with E-state index >= 15 is 0 Å². The minimum absolute atomic E-state index is 0.0653. The summed E-state index contributed by atoms with van der Waals surface area (Å²) in [5.41, 5.74) is -1.78. The van der Waals surface area contributed by atoms with Crippen molar-refractivity contribution in [3.05, 3.63) is 16.4 Å². The smallest absolute Gasteiger partial charge is 0.336 e. The van der Waals surface area contributed by atoms with Gasteiger partial charge in [-0.25, -0.2) is 4.98 Å². The quantitative estimate of drug-likeness (QED) is 0.940. The van der Waals surface area contributed by atoms with E-state index in [4.69, 9.17) is 0 Å². The highest BCUT2D eigenvalue weighted by molar-refractivity contribution is 7.16. The van der Waals surface area contributed by atoms with Gasteiger partial charge in [-0.1, -0.05) is 11.3 Å². The summed E-state index contributed by atoms with van der Waals surface area (Å²) in [7, 11) is 0. The SMILES string of the molecule is Cc1nn2c(C(=O)NC(C)(C3CC3)C(F)(F)F)c(C)nc2s1. The molecule has 3 rings (SSSR count). The summed E-state index contributed by atoms with van der Waals surface area (Å²) >= 11 is 1.29. The van der Waals surface area contributed by atoms with Crippen molar-refractivity contribution >= 4 is 22.2 Å². The molecule has 0 aromatic carbocycles. The second-order valence-corrected chi connectivity index (χ2v) is 6.95. The van der Waals surface area contributed by atoms with Gasteiger partial charge >= 0.3 is 6.18 Å². The standard InChI is InChI=1S/C13H15F3N4OS/c1-6-9(20-11(17-6)22-7(2)19-20)10(21)18-12(3,8-4-5-8)13(14,15)16/h8H,4-5H2,1-3H3,(H,18,21). The van der Waals surface area contributed by atoms with Crippen LogP contribution in [0.4, 0.5) is 13.2 Å². The number of fused-ring (bicyclic) bond motifs is 1. The second-order valence-electron chi connectivity index (χ2n) is 5.79. The molecule has 1 unspecified atom stereocenters. The molecule has 2 aromatic rings. The van der Waals surface area contributed by atoms with Crippen LogP contribution in [0.25, 0.3) is 4.96 Å². The molecule has 1 aliphatic carbocycles. The first-order valence-electron chi connectivity index (χ1n) is 6.85. The number of hydrogen-bond donors (Lipinski definition) is 1. The van der Waals surface area contributed by atoms with Crippen molar-refractivity contribution in [2.45, 2.75) is 45.3 Å². The van der Waals surface area contributed by atoms with Gasteiger partial charge in [0.1, 0.15) is 10.5 Å². The van der Waals surface area contributed by atoms with Gasteiger partial charge in [-0.2, -0.15) is 22.8 Å². The lowest BCUT2D eigenvalue weighted by molar-refractivity contribution is -0.194. The van der Waals surface area contributed by atoms with Crippen LogP contribution in [0.3, 0.4) is 0 Å². The molecule has 1 atom stereocenters. The molecule has 1 aliphatic rings. The fraction of sp³-hybridized carbons (Fsp3) is 0.615. The summed E-state index contributed by atoms with van der Waals surface area (Å²) in [6, 6.07) is 0. The van der Waals surface area contributed by atoms with Gasteiger partial charge in [0.25, 0.3) is 5.91 Å². The Kier molecular flexibility index (Phi) is 3.24. The molecule has 22 heavy (non-hydrogen) atoms. The third-order valence-corrected chi connectivity index (χ3v) is 4.87. The lowest BCUT2D eigenvalue weighted by atomic mass is 9.94. The molecule has 0 bridgehead atoms. The zero-order chi connectivity index (χ0) is 16.3. The van der Waals surface area contributed by atoms with Gasteiger partial charge in [-0.05, 0) is 39.5 Å². The van der Waals surface area contributed by atoms with Crippen molar-refractivity contribution in [2.24, 2.45) is 5.92 Å². The molecule has 0 spiro atoms. The maximum atomic E-state index is 13.4. The summed E-state index contributed by atoms with van der Waals surface area (Å²) in [4.78, 5) is 17.1. The number of rotatable bonds is 3. The predicted molar refractivity (Wildman–Crippen MR) is 75.0 cm³/mol. The van der Waals surface area contributed by atoms with Gasteiger partial charge in [-0.3, -0.25) is 4.79 Å². The van der Waals surface area contributed by atoms with E-state index in [9.17, 15) is 18.0 Å². The maximum Gasteiger partial charge on any atom is 0.411 e. The van der Waals surface area contributed by atoms with E-state index in [0.29, 0.717) is 28.5 Å². The van der Waals surface area contributed by atoms with Gasteiger partial charge in [0, 0.05) is 0 Å². The molecular formula is C13H15F3N4OS. The molecule has 2 aromatic heterocycles. The van der Waals surface area contributed by atoms with Crippen LogP contribution in [0.2, 0.25) is 0 Å². The number of amides is 1. The Balaban J connectivity index is 1.97. The molecule has 0 aliphatic heterocycles. The topological polar surface area (TPSA) is 59.3 Å². The molecule has 5 nitrogen and oxygen atoms in total. The zero-order valence-corrected chi connectivity index (χ0v) is 13.1. The van der Waals surface area contributed by atoms with Crippen LogP contribution in [0.5, 0.6) is 0 Å². The highest BCUT2D eigenvalue weighted by Crippen LogP contribution is 2.48. The molecule has 1 fully saturated rings. The molecule has 2 heterocycles. The number of aryl methyl sites for hydroxylation is 2. The van der Waals surface area contributed by atoms with Crippen LogP contribution in [-0.4, -0.2) is 32.2 Å². The van der Waals surface area contributed by atoms with Crippen molar-refractivity contribution < 1.29 is 18.0 Å². The van der Waals surface area contributed by atoms with Gasteiger partial charge in [-0.15, -0.1) is 0 Å². The highest BCUT2D eigenvalue weighted by atomic mass is 32.1.